The van der Waals surface area contributed by atoms with Crippen LogP contribution in [0.3, 0.4) is 0 Å². The van der Waals surface area contributed by atoms with E-state index in [-0.39, 0.29) is 0 Å². The lowest BCUT2D eigenvalue weighted by atomic mass is 10.2. The number of fused-ring (bicyclic) bond motifs is 2. The summed E-state index contributed by atoms with van der Waals surface area (Å²) in [6.45, 7) is 2.35. The summed E-state index contributed by atoms with van der Waals surface area (Å²) in [5.74, 6) is 0.666. The molecule has 2 heterocycles. The number of rotatable bonds is 3. The number of hydrogen-bond donors (Lipinski definition) is 1. The van der Waals surface area contributed by atoms with E-state index in [4.69, 9.17) is 11.6 Å². The second-order valence-corrected chi connectivity index (χ2v) is 7.07. The molecule has 5 heteroatoms. The molecule has 2 aromatic heterocycles. The summed E-state index contributed by atoms with van der Waals surface area (Å²) in [5.41, 5.74) is 1.90. The lowest BCUT2D eigenvalue weighted by Crippen LogP contribution is -2.07. The molecule has 23 heavy (non-hydrogen) atoms. The highest BCUT2D eigenvalue weighted by Gasteiger charge is 2.17. The summed E-state index contributed by atoms with van der Waals surface area (Å²) in [7, 11) is 0. The van der Waals surface area contributed by atoms with Crippen LogP contribution in [0.25, 0.3) is 21.1 Å². The maximum atomic E-state index is 10.1. The Morgan fingerprint density at radius 3 is 2.70 bits per heavy atom. The highest BCUT2D eigenvalue weighted by atomic mass is 35.5. The van der Waals surface area contributed by atoms with Gasteiger partial charge in [-0.25, -0.2) is 4.98 Å². The van der Waals surface area contributed by atoms with Gasteiger partial charge in [0.25, 0.3) is 0 Å². The first kappa shape index (κ1) is 14.7. The first-order valence-electron chi connectivity index (χ1n) is 7.44. The summed E-state index contributed by atoms with van der Waals surface area (Å²) < 4.78 is 3.23. The Hall–Kier alpha value is -1.88. The van der Waals surface area contributed by atoms with Gasteiger partial charge < -0.3 is 9.67 Å². The van der Waals surface area contributed by atoms with Crippen molar-refractivity contribution in [2.45, 2.75) is 19.6 Å². The van der Waals surface area contributed by atoms with Crippen LogP contribution in [-0.2, 0) is 6.54 Å². The molecule has 0 radical (unpaired) electrons. The van der Waals surface area contributed by atoms with E-state index in [1.165, 1.54) is 4.70 Å². The van der Waals surface area contributed by atoms with Crippen molar-refractivity contribution >= 4 is 44.1 Å². The summed E-state index contributed by atoms with van der Waals surface area (Å²) in [5, 5.41) is 12.0. The van der Waals surface area contributed by atoms with E-state index in [9.17, 15) is 5.11 Å². The topological polar surface area (TPSA) is 38.1 Å². The zero-order valence-corrected chi connectivity index (χ0v) is 14.1. The second-order valence-electron chi connectivity index (χ2n) is 5.56. The number of nitrogens with zero attached hydrogens (tertiary/aromatic N) is 2. The van der Waals surface area contributed by atoms with Gasteiger partial charge in [0.15, 0.2) is 0 Å². The van der Waals surface area contributed by atoms with E-state index in [0.29, 0.717) is 12.4 Å². The predicted octanol–water partition coefficient (Wildman–Crippen LogP) is 5.01. The van der Waals surface area contributed by atoms with Gasteiger partial charge in [0.05, 0.1) is 22.6 Å². The SMILES string of the molecule is CC(O)c1nc2ccccc2n1Cc1sc2ccccc2c1Cl. The van der Waals surface area contributed by atoms with Gasteiger partial charge in [-0.1, -0.05) is 41.9 Å². The minimum Gasteiger partial charge on any atom is -0.385 e. The van der Waals surface area contributed by atoms with E-state index >= 15 is 0 Å². The van der Waals surface area contributed by atoms with Gasteiger partial charge in [-0.3, -0.25) is 0 Å². The maximum Gasteiger partial charge on any atom is 0.138 e. The summed E-state index contributed by atoms with van der Waals surface area (Å²) in [6.07, 6.45) is -0.629. The summed E-state index contributed by atoms with van der Waals surface area (Å²) in [4.78, 5) is 5.65. The first-order chi connectivity index (χ1) is 11.1. The van der Waals surface area contributed by atoms with Gasteiger partial charge in [-0.05, 0) is 25.1 Å². The van der Waals surface area contributed by atoms with Crippen LogP contribution in [0.4, 0.5) is 0 Å². The number of halogens is 1. The fraction of sp³-hybridized carbons (Fsp3) is 0.167. The molecule has 0 aliphatic rings. The minimum atomic E-state index is -0.629. The van der Waals surface area contributed by atoms with Crippen LogP contribution in [0, 0.1) is 0 Å². The van der Waals surface area contributed by atoms with Gasteiger partial charge in [0.2, 0.25) is 0 Å². The zero-order chi connectivity index (χ0) is 16.0. The Bertz CT molecular complexity index is 1000. The van der Waals surface area contributed by atoms with Crippen LogP contribution in [0.15, 0.2) is 48.5 Å². The molecule has 0 fully saturated rings. The van der Waals surface area contributed by atoms with Gasteiger partial charge in [-0.15, -0.1) is 11.3 Å². The van der Waals surface area contributed by atoms with Gasteiger partial charge >= 0.3 is 0 Å². The van der Waals surface area contributed by atoms with Crippen LogP contribution in [0.2, 0.25) is 5.02 Å². The zero-order valence-electron chi connectivity index (χ0n) is 12.5. The number of aromatic nitrogens is 2. The van der Waals surface area contributed by atoms with Crippen molar-refractivity contribution in [2.24, 2.45) is 0 Å². The molecule has 0 aliphatic carbocycles. The Morgan fingerprint density at radius 2 is 1.91 bits per heavy atom. The highest BCUT2D eigenvalue weighted by Crippen LogP contribution is 2.36. The van der Waals surface area contributed by atoms with Gasteiger partial charge in [0, 0.05) is 15.0 Å². The van der Waals surface area contributed by atoms with Crippen LogP contribution < -0.4 is 0 Å². The first-order valence-corrected chi connectivity index (χ1v) is 8.63. The smallest absolute Gasteiger partial charge is 0.138 e. The number of benzene rings is 2. The number of aliphatic hydroxyl groups excluding tert-OH is 1. The molecular weight excluding hydrogens is 328 g/mol. The van der Waals surface area contributed by atoms with Crippen molar-refractivity contribution in [3.05, 3.63) is 64.3 Å². The molecule has 4 rings (SSSR count). The maximum absolute atomic E-state index is 10.1. The Kier molecular flexibility index (Phi) is 3.60. The fourth-order valence-electron chi connectivity index (χ4n) is 2.89. The van der Waals surface area contributed by atoms with Crippen LogP contribution >= 0.6 is 22.9 Å². The Labute approximate surface area is 142 Å². The van der Waals surface area contributed by atoms with E-state index < -0.39 is 6.10 Å². The van der Waals surface area contributed by atoms with E-state index in [0.717, 1.165) is 26.3 Å². The van der Waals surface area contributed by atoms with Crippen LogP contribution in [0.1, 0.15) is 23.7 Å². The normalized spacial score (nSPS) is 13.0. The van der Waals surface area contributed by atoms with Crippen molar-refractivity contribution in [3.63, 3.8) is 0 Å². The number of para-hydroxylation sites is 2. The van der Waals surface area contributed by atoms with Crippen LogP contribution in [0.5, 0.6) is 0 Å². The lowest BCUT2D eigenvalue weighted by Gasteiger charge is -2.10. The molecule has 0 saturated heterocycles. The van der Waals surface area contributed by atoms with Crippen molar-refractivity contribution in [3.8, 4) is 0 Å². The molecule has 0 amide bonds. The Morgan fingerprint density at radius 1 is 1.17 bits per heavy atom. The molecule has 1 unspecified atom stereocenters. The summed E-state index contributed by atoms with van der Waals surface area (Å²) >= 11 is 8.26. The van der Waals surface area contributed by atoms with Crippen molar-refractivity contribution in [1.29, 1.82) is 0 Å². The molecule has 0 aliphatic heterocycles. The standard InChI is InChI=1S/C18H15ClN2OS/c1-11(22)18-20-13-7-3-4-8-14(13)21(18)10-16-17(19)12-6-2-5-9-15(12)23-16/h2-9,11,22H,10H2,1H3. The fourth-order valence-corrected chi connectivity index (χ4v) is 4.37. The minimum absolute atomic E-state index is 0.610. The average Bonchev–Trinajstić information content (AvgIpc) is 3.08. The third kappa shape index (κ3) is 2.43. The van der Waals surface area contributed by atoms with E-state index in [1.54, 1.807) is 18.3 Å². The molecule has 4 aromatic rings. The molecule has 0 saturated carbocycles. The van der Waals surface area contributed by atoms with Crippen molar-refractivity contribution in [2.75, 3.05) is 0 Å². The molecule has 0 spiro atoms. The van der Waals surface area contributed by atoms with Gasteiger partial charge in [0.1, 0.15) is 11.9 Å². The highest BCUT2D eigenvalue weighted by molar-refractivity contribution is 7.19. The number of hydrogen-bond acceptors (Lipinski definition) is 3. The quantitative estimate of drug-likeness (QED) is 0.568. The van der Waals surface area contributed by atoms with Crippen molar-refractivity contribution < 1.29 is 5.11 Å². The Balaban J connectivity index is 1.88. The molecule has 2 aromatic carbocycles. The number of aliphatic hydroxyl groups is 1. The summed E-state index contributed by atoms with van der Waals surface area (Å²) in [6, 6.07) is 16.1. The largest absolute Gasteiger partial charge is 0.385 e. The van der Waals surface area contributed by atoms with Crippen molar-refractivity contribution in [1.82, 2.24) is 9.55 Å². The number of imidazole rings is 1. The van der Waals surface area contributed by atoms with Gasteiger partial charge in [-0.2, -0.15) is 0 Å². The van der Waals surface area contributed by atoms with Crippen LogP contribution in [-0.4, -0.2) is 14.7 Å². The van der Waals surface area contributed by atoms with E-state index in [1.807, 2.05) is 42.5 Å². The third-order valence-corrected chi connectivity index (χ3v) is 5.66. The molecule has 3 nitrogen and oxygen atoms in total. The molecule has 1 atom stereocenters. The predicted molar refractivity (Wildman–Crippen MR) is 96.3 cm³/mol. The molecule has 0 bridgehead atoms. The molecule has 1 N–H and O–H groups in total. The third-order valence-electron chi connectivity index (χ3n) is 3.96. The second kappa shape index (κ2) is 5.64. The molecular formula is C18H15ClN2OS. The lowest BCUT2D eigenvalue weighted by molar-refractivity contribution is 0.185. The molecule has 116 valence electrons. The number of thiophene rings is 1. The van der Waals surface area contributed by atoms with E-state index in [2.05, 4.69) is 15.6 Å². The monoisotopic (exact) mass is 342 g/mol. The average molecular weight is 343 g/mol.